The van der Waals surface area contributed by atoms with Gasteiger partial charge in [-0.25, -0.2) is 0 Å². The van der Waals surface area contributed by atoms with Crippen molar-refractivity contribution in [1.29, 1.82) is 0 Å². The Labute approximate surface area is 125 Å². The average molecular weight is 318 g/mol. The molecule has 1 fully saturated rings. The summed E-state index contributed by atoms with van der Waals surface area (Å²) in [7, 11) is 0. The molecule has 0 unspecified atom stereocenters. The van der Waals surface area contributed by atoms with Crippen LogP contribution in [-0.4, -0.2) is 24.4 Å². The van der Waals surface area contributed by atoms with Crippen LogP contribution in [-0.2, 0) is 4.79 Å². The van der Waals surface area contributed by atoms with E-state index in [0.29, 0.717) is 22.3 Å². The molecule has 0 bridgehead atoms. The van der Waals surface area contributed by atoms with Crippen LogP contribution in [0.1, 0.15) is 19.3 Å². The summed E-state index contributed by atoms with van der Waals surface area (Å²) in [6.07, 6.45) is -1.83. The molecule has 0 saturated heterocycles. The molecule has 0 aromatic heterocycles. The molecule has 1 aromatic rings. The number of anilines is 1. The molecule has 7 heteroatoms. The average Bonchev–Trinajstić information content (AvgIpc) is 2.36. The number of nitrogens with two attached hydrogens (primary N) is 1. The maximum Gasteiger partial charge on any atom is 0.398 e. The number of nitrogens with one attached hydrogen (secondary N) is 1. The van der Waals surface area contributed by atoms with Gasteiger partial charge < -0.3 is 11.1 Å². The van der Waals surface area contributed by atoms with Gasteiger partial charge in [0.1, 0.15) is 0 Å². The number of para-hydroxylation sites is 1. The van der Waals surface area contributed by atoms with E-state index >= 15 is 0 Å². The minimum Gasteiger partial charge on any atom is -0.329 e. The maximum absolute atomic E-state index is 12.3. The molecule has 0 aliphatic heterocycles. The molecule has 3 N–H and O–H groups in total. The third-order valence-electron chi connectivity index (χ3n) is 3.71. The Hall–Kier alpha value is -1.21. The van der Waals surface area contributed by atoms with Gasteiger partial charge in [-0.15, -0.1) is 11.8 Å². The van der Waals surface area contributed by atoms with Crippen LogP contribution in [0.25, 0.3) is 0 Å². The van der Waals surface area contributed by atoms with Crippen molar-refractivity contribution in [2.75, 3.05) is 17.6 Å². The molecule has 116 valence electrons. The number of thioether (sulfide) groups is 1. The first-order chi connectivity index (χ1) is 9.86. The van der Waals surface area contributed by atoms with Crippen LogP contribution in [0, 0.1) is 5.41 Å². The van der Waals surface area contributed by atoms with Crippen molar-refractivity contribution in [2.45, 2.75) is 30.3 Å². The summed E-state index contributed by atoms with van der Waals surface area (Å²) in [5, 5.41) is 2.73. The lowest BCUT2D eigenvalue weighted by Gasteiger charge is -2.39. The number of hydrogen-bond donors (Lipinski definition) is 2. The molecular weight excluding hydrogens is 301 g/mol. The highest BCUT2D eigenvalue weighted by Crippen LogP contribution is 2.41. The molecule has 0 radical (unpaired) electrons. The van der Waals surface area contributed by atoms with Gasteiger partial charge >= 0.3 is 6.18 Å². The van der Waals surface area contributed by atoms with Crippen molar-refractivity contribution in [2.24, 2.45) is 11.1 Å². The molecule has 0 heterocycles. The summed E-state index contributed by atoms with van der Waals surface area (Å²) < 4.78 is 37.0. The van der Waals surface area contributed by atoms with Crippen LogP contribution in [0.15, 0.2) is 29.2 Å². The lowest BCUT2D eigenvalue weighted by atomic mass is 9.68. The Morgan fingerprint density at radius 1 is 1.33 bits per heavy atom. The normalized spacial score (nSPS) is 17.1. The number of alkyl halides is 3. The zero-order valence-corrected chi connectivity index (χ0v) is 12.2. The third-order valence-corrected chi connectivity index (χ3v) is 4.85. The summed E-state index contributed by atoms with van der Waals surface area (Å²) in [5.74, 6) is -1.18. The molecule has 1 aromatic carbocycles. The predicted molar refractivity (Wildman–Crippen MR) is 77.2 cm³/mol. The van der Waals surface area contributed by atoms with Crippen molar-refractivity contribution in [1.82, 2.24) is 0 Å². The minimum absolute atomic E-state index is 0.198. The molecule has 1 amide bonds. The van der Waals surface area contributed by atoms with Crippen LogP contribution < -0.4 is 11.1 Å². The van der Waals surface area contributed by atoms with Gasteiger partial charge in [0.15, 0.2) is 0 Å². The van der Waals surface area contributed by atoms with Gasteiger partial charge in [-0.1, -0.05) is 18.6 Å². The number of carbonyl (C=O) groups excluding carboxylic acids is 1. The van der Waals surface area contributed by atoms with Gasteiger partial charge in [-0.2, -0.15) is 13.2 Å². The molecule has 3 nitrogen and oxygen atoms in total. The van der Waals surface area contributed by atoms with E-state index in [4.69, 9.17) is 5.73 Å². The molecule has 1 saturated carbocycles. The van der Waals surface area contributed by atoms with E-state index in [1.807, 2.05) is 0 Å². The minimum atomic E-state index is -4.24. The zero-order chi connectivity index (χ0) is 15.5. The topological polar surface area (TPSA) is 55.1 Å². The van der Waals surface area contributed by atoms with Crippen LogP contribution in [0.4, 0.5) is 18.9 Å². The van der Waals surface area contributed by atoms with Crippen LogP contribution in [0.5, 0.6) is 0 Å². The molecule has 1 aliphatic rings. The maximum atomic E-state index is 12.3. The molecule has 1 aliphatic carbocycles. The quantitative estimate of drug-likeness (QED) is 0.818. The van der Waals surface area contributed by atoms with Gasteiger partial charge in [0, 0.05) is 11.4 Å². The van der Waals surface area contributed by atoms with Gasteiger partial charge in [0.2, 0.25) is 5.91 Å². The largest absolute Gasteiger partial charge is 0.398 e. The number of rotatable bonds is 5. The first-order valence-corrected chi connectivity index (χ1v) is 7.65. The van der Waals surface area contributed by atoms with Gasteiger partial charge in [0.05, 0.1) is 16.9 Å². The lowest BCUT2D eigenvalue weighted by Crippen LogP contribution is -2.47. The fourth-order valence-corrected chi connectivity index (χ4v) is 3.01. The predicted octanol–water partition coefficient (Wildman–Crippen LogP) is 3.41. The fourth-order valence-electron chi connectivity index (χ4n) is 2.24. The van der Waals surface area contributed by atoms with Crippen molar-refractivity contribution >= 4 is 23.4 Å². The smallest absolute Gasteiger partial charge is 0.329 e. The van der Waals surface area contributed by atoms with Gasteiger partial charge in [-0.05, 0) is 25.0 Å². The van der Waals surface area contributed by atoms with Gasteiger partial charge in [-0.3, -0.25) is 4.79 Å². The fraction of sp³-hybridized carbons (Fsp3) is 0.500. The Balaban J connectivity index is 2.08. The zero-order valence-electron chi connectivity index (χ0n) is 11.4. The number of hydrogen-bond acceptors (Lipinski definition) is 3. The molecular formula is C14H17F3N2OS. The molecule has 0 atom stereocenters. The summed E-state index contributed by atoms with van der Waals surface area (Å²) in [6, 6.07) is 6.51. The molecule has 2 rings (SSSR count). The monoisotopic (exact) mass is 318 g/mol. The second-order valence-corrected chi connectivity index (χ2v) is 6.21. The van der Waals surface area contributed by atoms with Crippen molar-refractivity contribution in [3.8, 4) is 0 Å². The SMILES string of the molecule is NCC1(C(=O)Nc2ccccc2SCC(F)(F)F)CCC1. The van der Waals surface area contributed by atoms with E-state index in [2.05, 4.69) is 5.32 Å². The Bertz CT molecular complexity index is 510. The summed E-state index contributed by atoms with van der Waals surface area (Å²) in [6.45, 7) is 0.261. The number of benzene rings is 1. The van der Waals surface area contributed by atoms with Gasteiger partial charge in [0.25, 0.3) is 0 Å². The summed E-state index contributed by atoms with van der Waals surface area (Å²) >= 11 is 0.669. The highest BCUT2D eigenvalue weighted by molar-refractivity contribution is 7.99. The van der Waals surface area contributed by atoms with Crippen molar-refractivity contribution in [3.05, 3.63) is 24.3 Å². The van der Waals surface area contributed by atoms with E-state index in [9.17, 15) is 18.0 Å². The lowest BCUT2D eigenvalue weighted by molar-refractivity contribution is -0.129. The number of amides is 1. The first-order valence-electron chi connectivity index (χ1n) is 6.66. The van der Waals surface area contributed by atoms with E-state index < -0.39 is 17.3 Å². The molecule has 0 spiro atoms. The van der Waals surface area contributed by atoms with Crippen molar-refractivity contribution in [3.63, 3.8) is 0 Å². The highest BCUT2D eigenvalue weighted by Gasteiger charge is 2.43. The van der Waals surface area contributed by atoms with E-state index in [-0.39, 0.29) is 12.5 Å². The third kappa shape index (κ3) is 3.91. The highest BCUT2D eigenvalue weighted by atomic mass is 32.2. The summed E-state index contributed by atoms with van der Waals surface area (Å²) in [5.41, 5.74) is 5.52. The number of halogens is 3. The van der Waals surface area contributed by atoms with E-state index in [1.165, 1.54) is 0 Å². The first kappa shape index (κ1) is 16.2. The Morgan fingerprint density at radius 3 is 2.52 bits per heavy atom. The summed E-state index contributed by atoms with van der Waals surface area (Å²) in [4.78, 5) is 12.7. The Morgan fingerprint density at radius 2 is 2.00 bits per heavy atom. The number of carbonyl (C=O) groups is 1. The van der Waals surface area contributed by atoms with Crippen LogP contribution in [0.3, 0.4) is 0 Å². The van der Waals surface area contributed by atoms with E-state index in [0.717, 1.165) is 19.3 Å². The van der Waals surface area contributed by atoms with Crippen LogP contribution >= 0.6 is 11.8 Å². The second kappa shape index (κ2) is 6.27. The van der Waals surface area contributed by atoms with Crippen molar-refractivity contribution < 1.29 is 18.0 Å². The van der Waals surface area contributed by atoms with Crippen LogP contribution in [0.2, 0.25) is 0 Å². The standard InChI is InChI=1S/C14H17F3N2OS/c15-14(16,17)9-21-11-5-2-1-4-10(11)19-12(20)13(8-18)6-3-7-13/h1-2,4-5H,3,6-9,18H2,(H,19,20). The van der Waals surface area contributed by atoms with E-state index in [1.54, 1.807) is 24.3 Å². The second-order valence-electron chi connectivity index (χ2n) is 5.19. The Kier molecular flexibility index (Phi) is 4.83. The molecule has 21 heavy (non-hydrogen) atoms.